The number of aliphatic imine (C=N–C) groups is 1. The highest BCUT2D eigenvalue weighted by molar-refractivity contribution is 6.14. The van der Waals surface area contributed by atoms with Gasteiger partial charge in [0.2, 0.25) is 0 Å². The van der Waals surface area contributed by atoms with Crippen LogP contribution in [0.1, 0.15) is 52.2 Å². The lowest BCUT2D eigenvalue weighted by molar-refractivity contribution is -0.121. The number of hydrogen-bond acceptors (Lipinski definition) is 2. The summed E-state index contributed by atoms with van der Waals surface area (Å²) >= 11 is 0. The molecule has 2 rings (SSSR count). The van der Waals surface area contributed by atoms with Gasteiger partial charge in [-0.25, -0.2) is 0 Å². The maximum Gasteiger partial charge on any atom is 0.157 e. The molecule has 0 spiro atoms. The van der Waals surface area contributed by atoms with Crippen molar-refractivity contribution in [2.75, 3.05) is 0 Å². The molecule has 2 heteroatoms. The van der Waals surface area contributed by atoms with Gasteiger partial charge >= 0.3 is 0 Å². The third-order valence-electron chi connectivity index (χ3n) is 4.67. The molecule has 0 amide bonds. The Labute approximate surface area is 151 Å². The van der Waals surface area contributed by atoms with E-state index in [9.17, 15) is 4.79 Å². The molecule has 25 heavy (non-hydrogen) atoms. The Morgan fingerprint density at radius 1 is 0.840 bits per heavy atom. The highest BCUT2D eigenvalue weighted by Crippen LogP contribution is 2.26. The number of rotatable bonds is 6. The minimum Gasteiger partial charge on any atom is -0.297 e. The first-order valence-corrected chi connectivity index (χ1v) is 8.68. The molecule has 0 fully saturated rings. The highest BCUT2D eigenvalue weighted by Gasteiger charge is 2.30. The summed E-state index contributed by atoms with van der Waals surface area (Å²) in [5.74, 6) is 0.0810. The Hall–Kier alpha value is -2.48. The quantitative estimate of drug-likeness (QED) is 0.498. The van der Waals surface area contributed by atoms with E-state index >= 15 is 0 Å². The first kappa shape index (κ1) is 18.9. The maximum absolute atomic E-state index is 12.5. The standard InChI is InChI=1S/C23H27NO/c1-17(2)18(3)16-23(5,19(4)25)24-22(20-12-8-6-9-13-20)21-14-10-7-11-15-21/h6-15H,16H2,1-5H3. The van der Waals surface area contributed by atoms with E-state index in [0.717, 1.165) is 16.8 Å². The van der Waals surface area contributed by atoms with Crippen molar-refractivity contribution in [3.8, 4) is 0 Å². The second kappa shape index (κ2) is 8.06. The average molecular weight is 333 g/mol. The number of ketones is 1. The summed E-state index contributed by atoms with van der Waals surface area (Å²) in [7, 11) is 0. The largest absolute Gasteiger partial charge is 0.297 e. The maximum atomic E-state index is 12.5. The summed E-state index contributed by atoms with van der Waals surface area (Å²) in [5.41, 5.74) is 4.58. The fourth-order valence-electron chi connectivity index (χ4n) is 2.67. The molecule has 0 N–H and O–H groups in total. The van der Waals surface area contributed by atoms with E-state index in [4.69, 9.17) is 4.99 Å². The molecular weight excluding hydrogens is 306 g/mol. The van der Waals surface area contributed by atoms with Gasteiger partial charge in [0.1, 0.15) is 5.54 Å². The number of Topliss-reactive ketones (excluding diaryl/α,β-unsaturated/α-hetero) is 1. The SMILES string of the molecule is CC(=O)C(C)(CC(C)=C(C)C)N=C(c1ccccc1)c1ccccc1. The van der Waals surface area contributed by atoms with Crippen LogP contribution >= 0.6 is 0 Å². The summed E-state index contributed by atoms with van der Waals surface area (Å²) in [6.45, 7) is 9.81. The Morgan fingerprint density at radius 3 is 1.64 bits per heavy atom. The highest BCUT2D eigenvalue weighted by atomic mass is 16.1. The smallest absolute Gasteiger partial charge is 0.157 e. The van der Waals surface area contributed by atoms with Crippen molar-refractivity contribution in [2.45, 2.75) is 46.6 Å². The van der Waals surface area contributed by atoms with Gasteiger partial charge in [-0.1, -0.05) is 71.8 Å². The lowest BCUT2D eigenvalue weighted by atomic mass is 9.87. The van der Waals surface area contributed by atoms with E-state index < -0.39 is 5.54 Å². The van der Waals surface area contributed by atoms with Crippen molar-refractivity contribution in [2.24, 2.45) is 4.99 Å². The molecule has 0 aliphatic heterocycles. The number of carbonyl (C=O) groups excluding carboxylic acids is 1. The monoisotopic (exact) mass is 333 g/mol. The Kier molecular flexibility index (Phi) is 6.08. The summed E-state index contributed by atoms with van der Waals surface area (Å²) < 4.78 is 0. The van der Waals surface area contributed by atoms with Crippen LogP contribution in [-0.4, -0.2) is 17.0 Å². The molecule has 2 aromatic carbocycles. The first-order chi connectivity index (χ1) is 11.8. The molecule has 0 radical (unpaired) electrons. The molecule has 0 heterocycles. The van der Waals surface area contributed by atoms with Crippen LogP contribution in [0, 0.1) is 0 Å². The van der Waals surface area contributed by atoms with Crippen LogP contribution in [0.3, 0.4) is 0 Å². The predicted octanol–water partition coefficient (Wildman–Crippen LogP) is 5.62. The lowest BCUT2D eigenvalue weighted by Crippen LogP contribution is -2.33. The Balaban J connectivity index is 2.61. The van der Waals surface area contributed by atoms with Crippen molar-refractivity contribution in [3.63, 3.8) is 0 Å². The molecule has 0 aromatic heterocycles. The van der Waals surface area contributed by atoms with Crippen LogP contribution in [0.2, 0.25) is 0 Å². The average Bonchev–Trinajstić information content (AvgIpc) is 2.61. The third kappa shape index (κ3) is 4.76. The number of hydrogen-bond donors (Lipinski definition) is 0. The third-order valence-corrected chi connectivity index (χ3v) is 4.67. The van der Waals surface area contributed by atoms with E-state index in [-0.39, 0.29) is 5.78 Å². The second-order valence-electron chi connectivity index (χ2n) is 6.98. The summed E-state index contributed by atoms with van der Waals surface area (Å²) in [6.07, 6.45) is 0.633. The zero-order valence-corrected chi connectivity index (χ0v) is 15.8. The van der Waals surface area contributed by atoms with Gasteiger partial charge in [-0.2, -0.15) is 0 Å². The minimum absolute atomic E-state index is 0.0810. The van der Waals surface area contributed by atoms with Crippen LogP contribution in [0.15, 0.2) is 76.8 Å². The van der Waals surface area contributed by atoms with E-state index in [1.807, 2.05) is 67.6 Å². The Bertz CT molecular complexity index is 742. The fraction of sp³-hybridized carbons (Fsp3) is 0.304. The van der Waals surface area contributed by atoms with Crippen LogP contribution < -0.4 is 0 Å². The van der Waals surface area contributed by atoms with Gasteiger partial charge in [-0.05, 0) is 34.6 Å². The van der Waals surface area contributed by atoms with Gasteiger partial charge in [0.15, 0.2) is 5.78 Å². The molecule has 0 saturated heterocycles. The van der Waals surface area contributed by atoms with Gasteiger partial charge in [0, 0.05) is 17.5 Å². The first-order valence-electron chi connectivity index (χ1n) is 8.68. The number of benzene rings is 2. The summed E-state index contributed by atoms with van der Waals surface area (Å²) in [5, 5.41) is 0. The summed E-state index contributed by atoms with van der Waals surface area (Å²) in [6, 6.07) is 20.1. The van der Waals surface area contributed by atoms with Gasteiger partial charge in [0.05, 0.1) is 5.71 Å². The van der Waals surface area contributed by atoms with E-state index in [0.29, 0.717) is 6.42 Å². The van der Waals surface area contributed by atoms with Crippen LogP contribution in [0.25, 0.3) is 0 Å². The number of carbonyl (C=O) groups is 1. The molecule has 1 unspecified atom stereocenters. The van der Waals surface area contributed by atoms with Gasteiger partial charge < -0.3 is 0 Å². The molecule has 0 aliphatic rings. The second-order valence-corrected chi connectivity index (χ2v) is 6.98. The predicted molar refractivity (Wildman–Crippen MR) is 106 cm³/mol. The molecule has 0 aliphatic carbocycles. The van der Waals surface area contributed by atoms with Gasteiger partial charge in [-0.3, -0.25) is 9.79 Å². The van der Waals surface area contributed by atoms with E-state index in [2.05, 4.69) is 20.8 Å². The number of nitrogens with zero attached hydrogens (tertiary/aromatic N) is 1. The molecule has 2 nitrogen and oxygen atoms in total. The van der Waals surface area contributed by atoms with Crippen molar-refractivity contribution in [1.82, 2.24) is 0 Å². The van der Waals surface area contributed by atoms with Crippen molar-refractivity contribution in [1.29, 1.82) is 0 Å². The molecule has 1 atom stereocenters. The normalized spacial score (nSPS) is 12.8. The summed E-state index contributed by atoms with van der Waals surface area (Å²) in [4.78, 5) is 17.5. The van der Waals surface area contributed by atoms with Gasteiger partial charge in [-0.15, -0.1) is 0 Å². The van der Waals surface area contributed by atoms with E-state index in [1.165, 1.54) is 11.1 Å². The van der Waals surface area contributed by atoms with Crippen LogP contribution in [0.5, 0.6) is 0 Å². The van der Waals surface area contributed by atoms with Crippen molar-refractivity contribution >= 4 is 11.5 Å². The van der Waals surface area contributed by atoms with Crippen molar-refractivity contribution in [3.05, 3.63) is 82.9 Å². The molecular formula is C23H27NO. The topological polar surface area (TPSA) is 29.4 Å². The van der Waals surface area contributed by atoms with E-state index in [1.54, 1.807) is 6.92 Å². The minimum atomic E-state index is -0.775. The fourth-order valence-corrected chi connectivity index (χ4v) is 2.67. The number of allylic oxidation sites excluding steroid dienone is 1. The molecule has 130 valence electrons. The van der Waals surface area contributed by atoms with Crippen LogP contribution in [0.4, 0.5) is 0 Å². The zero-order valence-electron chi connectivity index (χ0n) is 15.8. The Morgan fingerprint density at radius 2 is 1.28 bits per heavy atom. The molecule has 0 bridgehead atoms. The molecule has 2 aromatic rings. The zero-order chi connectivity index (χ0) is 18.4. The van der Waals surface area contributed by atoms with Crippen molar-refractivity contribution < 1.29 is 4.79 Å². The van der Waals surface area contributed by atoms with Crippen LogP contribution in [-0.2, 0) is 4.79 Å². The van der Waals surface area contributed by atoms with Gasteiger partial charge in [0.25, 0.3) is 0 Å². The molecule has 0 saturated carbocycles. The lowest BCUT2D eigenvalue weighted by Gasteiger charge is -2.25.